The molecule has 5 heteroatoms. The van der Waals surface area contributed by atoms with E-state index in [1.165, 1.54) is 0 Å². The van der Waals surface area contributed by atoms with Crippen molar-refractivity contribution in [3.63, 3.8) is 0 Å². The lowest BCUT2D eigenvalue weighted by Crippen LogP contribution is -2.39. The number of ether oxygens (including phenoxy) is 1. The first-order valence-corrected chi connectivity index (χ1v) is 7.55. The fraction of sp³-hybridized carbons (Fsp3) is 0.278. The molecule has 0 saturated carbocycles. The number of nitrogens with one attached hydrogen (secondary N) is 1. The SMILES string of the molecule is CCOC(=O)[C@H](Cc1ccc(O)cc1)NCc1ccccc1O. The molecule has 1 atom stereocenters. The number of esters is 1. The van der Waals surface area contributed by atoms with Crippen molar-refractivity contribution < 1.29 is 19.7 Å². The highest BCUT2D eigenvalue weighted by Gasteiger charge is 2.20. The van der Waals surface area contributed by atoms with Crippen molar-refractivity contribution in [2.24, 2.45) is 0 Å². The zero-order valence-corrected chi connectivity index (χ0v) is 13.0. The van der Waals surface area contributed by atoms with Crippen LogP contribution in [0.25, 0.3) is 0 Å². The Balaban J connectivity index is 2.06. The van der Waals surface area contributed by atoms with Gasteiger partial charge in [-0.15, -0.1) is 0 Å². The first-order valence-electron chi connectivity index (χ1n) is 7.55. The van der Waals surface area contributed by atoms with E-state index in [1.54, 1.807) is 49.4 Å². The predicted octanol–water partition coefficient (Wildman–Crippen LogP) is 2.36. The van der Waals surface area contributed by atoms with Crippen LogP contribution in [0.5, 0.6) is 11.5 Å². The Kier molecular flexibility index (Phi) is 6.00. The molecular formula is C18H21NO4. The van der Waals surface area contributed by atoms with Crippen molar-refractivity contribution in [1.29, 1.82) is 0 Å². The van der Waals surface area contributed by atoms with E-state index in [4.69, 9.17) is 4.74 Å². The highest BCUT2D eigenvalue weighted by Crippen LogP contribution is 2.16. The van der Waals surface area contributed by atoms with Crippen LogP contribution in [-0.4, -0.2) is 28.8 Å². The molecule has 0 fully saturated rings. The van der Waals surface area contributed by atoms with Crippen LogP contribution in [0.3, 0.4) is 0 Å². The molecule has 122 valence electrons. The second kappa shape index (κ2) is 8.19. The molecule has 3 N–H and O–H groups in total. The number of benzene rings is 2. The molecule has 0 spiro atoms. The van der Waals surface area contributed by atoms with Gasteiger partial charge < -0.3 is 14.9 Å². The standard InChI is InChI=1S/C18H21NO4/c1-2-23-18(22)16(11-13-7-9-15(20)10-8-13)19-12-14-5-3-4-6-17(14)21/h3-10,16,19-21H,2,11-12H2,1H3/t16-/m0/s1. The second-order valence-electron chi connectivity index (χ2n) is 5.18. The molecule has 2 rings (SSSR count). The van der Waals surface area contributed by atoms with Gasteiger partial charge in [0.05, 0.1) is 6.61 Å². The van der Waals surface area contributed by atoms with Crippen molar-refractivity contribution >= 4 is 5.97 Å². The number of para-hydroxylation sites is 1. The molecule has 0 aromatic heterocycles. The Hall–Kier alpha value is -2.53. The van der Waals surface area contributed by atoms with Crippen LogP contribution < -0.4 is 5.32 Å². The number of carbonyl (C=O) groups is 1. The number of carbonyl (C=O) groups excluding carboxylic acids is 1. The molecule has 5 nitrogen and oxygen atoms in total. The lowest BCUT2D eigenvalue weighted by Gasteiger charge is -2.18. The summed E-state index contributed by atoms with van der Waals surface area (Å²) in [4.78, 5) is 12.1. The van der Waals surface area contributed by atoms with E-state index < -0.39 is 6.04 Å². The summed E-state index contributed by atoms with van der Waals surface area (Å²) in [5.41, 5.74) is 1.62. The largest absolute Gasteiger partial charge is 0.508 e. The average molecular weight is 315 g/mol. The maximum atomic E-state index is 12.1. The Morgan fingerprint density at radius 2 is 1.83 bits per heavy atom. The summed E-state index contributed by atoms with van der Waals surface area (Å²) >= 11 is 0. The fourth-order valence-corrected chi connectivity index (χ4v) is 2.24. The van der Waals surface area contributed by atoms with Crippen molar-refractivity contribution in [2.45, 2.75) is 25.9 Å². The summed E-state index contributed by atoms with van der Waals surface area (Å²) in [6.07, 6.45) is 0.437. The summed E-state index contributed by atoms with van der Waals surface area (Å²) in [6, 6.07) is 13.2. The highest BCUT2D eigenvalue weighted by atomic mass is 16.5. The van der Waals surface area contributed by atoms with E-state index in [0.717, 1.165) is 5.56 Å². The highest BCUT2D eigenvalue weighted by molar-refractivity contribution is 5.76. The minimum absolute atomic E-state index is 0.184. The normalized spacial score (nSPS) is 11.9. The van der Waals surface area contributed by atoms with Crippen LogP contribution in [0.1, 0.15) is 18.1 Å². The molecule has 23 heavy (non-hydrogen) atoms. The van der Waals surface area contributed by atoms with Gasteiger partial charge in [-0.1, -0.05) is 30.3 Å². The molecule has 0 aliphatic heterocycles. The first kappa shape index (κ1) is 16.8. The smallest absolute Gasteiger partial charge is 0.323 e. The van der Waals surface area contributed by atoms with Crippen LogP contribution >= 0.6 is 0 Å². The Labute approximate surface area is 135 Å². The molecular weight excluding hydrogens is 294 g/mol. The molecule has 0 aliphatic carbocycles. The number of hydrogen-bond donors (Lipinski definition) is 3. The zero-order chi connectivity index (χ0) is 16.7. The fourth-order valence-electron chi connectivity index (χ4n) is 2.24. The van der Waals surface area contributed by atoms with Crippen molar-refractivity contribution in [2.75, 3.05) is 6.61 Å². The van der Waals surface area contributed by atoms with Crippen LogP contribution in [0, 0.1) is 0 Å². The van der Waals surface area contributed by atoms with E-state index in [1.807, 2.05) is 6.07 Å². The molecule has 0 bridgehead atoms. The van der Waals surface area contributed by atoms with Gasteiger partial charge in [-0.2, -0.15) is 0 Å². The second-order valence-corrected chi connectivity index (χ2v) is 5.18. The monoisotopic (exact) mass is 315 g/mol. The van der Waals surface area contributed by atoms with E-state index in [0.29, 0.717) is 25.1 Å². The van der Waals surface area contributed by atoms with Gasteiger partial charge in [0.1, 0.15) is 17.5 Å². The number of rotatable bonds is 7. The van der Waals surface area contributed by atoms with Crippen LogP contribution in [0.4, 0.5) is 0 Å². The van der Waals surface area contributed by atoms with Crippen LogP contribution in [0.2, 0.25) is 0 Å². The quantitative estimate of drug-likeness (QED) is 0.684. The molecule has 0 saturated heterocycles. The van der Waals surface area contributed by atoms with Gasteiger partial charge in [0.2, 0.25) is 0 Å². The molecule has 2 aromatic rings. The van der Waals surface area contributed by atoms with E-state index in [2.05, 4.69) is 5.32 Å². The van der Waals surface area contributed by atoms with E-state index in [9.17, 15) is 15.0 Å². The van der Waals surface area contributed by atoms with Gasteiger partial charge in [0.25, 0.3) is 0 Å². The van der Waals surface area contributed by atoms with Crippen LogP contribution in [0.15, 0.2) is 48.5 Å². The maximum absolute atomic E-state index is 12.1. The van der Waals surface area contributed by atoms with E-state index in [-0.39, 0.29) is 17.5 Å². The number of aromatic hydroxyl groups is 2. The lowest BCUT2D eigenvalue weighted by atomic mass is 10.1. The van der Waals surface area contributed by atoms with Crippen molar-refractivity contribution in [1.82, 2.24) is 5.32 Å². The Bertz CT molecular complexity index is 640. The summed E-state index contributed by atoms with van der Waals surface area (Å²) in [5, 5.41) is 22.3. The number of phenols is 2. The molecule has 0 amide bonds. The molecule has 0 heterocycles. The summed E-state index contributed by atoms with van der Waals surface area (Å²) < 4.78 is 5.11. The van der Waals surface area contributed by atoms with Gasteiger partial charge >= 0.3 is 5.97 Å². The molecule has 0 unspecified atom stereocenters. The zero-order valence-electron chi connectivity index (χ0n) is 13.0. The number of hydrogen-bond acceptors (Lipinski definition) is 5. The summed E-state index contributed by atoms with van der Waals surface area (Å²) in [5.74, 6) is 0.0341. The van der Waals surface area contributed by atoms with Crippen molar-refractivity contribution in [3.05, 3.63) is 59.7 Å². The third-order valence-corrected chi connectivity index (χ3v) is 3.48. The third-order valence-electron chi connectivity index (χ3n) is 3.48. The van der Waals surface area contributed by atoms with Crippen LogP contribution in [-0.2, 0) is 22.5 Å². The molecule has 0 radical (unpaired) electrons. The Morgan fingerprint density at radius 1 is 1.13 bits per heavy atom. The van der Waals surface area contributed by atoms with Gasteiger partial charge in [-0.25, -0.2) is 0 Å². The van der Waals surface area contributed by atoms with E-state index >= 15 is 0 Å². The third kappa shape index (κ3) is 5.00. The first-order chi connectivity index (χ1) is 11.1. The lowest BCUT2D eigenvalue weighted by molar-refractivity contribution is -0.145. The Morgan fingerprint density at radius 3 is 2.48 bits per heavy atom. The topological polar surface area (TPSA) is 78.8 Å². The molecule has 0 aliphatic rings. The average Bonchev–Trinajstić information content (AvgIpc) is 2.55. The minimum Gasteiger partial charge on any atom is -0.508 e. The summed E-state index contributed by atoms with van der Waals surface area (Å²) in [7, 11) is 0. The maximum Gasteiger partial charge on any atom is 0.323 e. The van der Waals surface area contributed by atoms with Gasteiger partial charge in [-0.05, 0) is 37.1 Å². The van der Waals surface area contributed by atoms with Crippen molar-refractivity contribution in [3.8, 4) is 11.5 Å². The predicted molar refractivity (Wildman–Crippen MR) is 87.2 cm³/mol. The minimum atomic E-state index is -0.529. The van der Waals surface area contributed by atoms with Gasteiger partial charge in [-0.3, -0.25) is 10.1 Å². The summed E-state index contributed by atoms with van der Waals surface area (Å²) in [6.45, 7) is 2.43. The molecule has 2 aromatic carbocycles. The number of phenolic OH excluding ortho intramolecular Hbond substituents is 2. The van der Waals surface area contributed by atoms with Gasteiger partial charge in [0.15, 0.2) is 0 Å². The van der Waals surface area contributed by atoms with Gasteiger partial charge in [0, 0.05) is 12.1 Å².